The third kappa shape index (κ3) is 3.32. The van der Waals surface area contributed by atoms with Crippen LogP contribution in [0, 0.1) is 6.92 Å². The molecule has 0 radical (unpaired) electrons. The largest absolute Gasteiger partial charge is 0.496 e. The third-order valence-corrected chi connectivity index (χ3v) is 5.31. The molecule has 0 unspecified atom stereocenters. The maximum absolute atomic E-state index is 12.9. The van der Waals surface area contributed by atoms with Gasteiger partial charge < -0.3 is 19.8 Å². The van der Waals surface area contributed by atoms with Crippen LogP contribution in [0.2, 0.25) is 0 Å². The first-order valence-electron chi connectivity index (χ1n) is 8.66. The molecule has 0 saturated heterocycles. The topological polar surface area (TPSA) is 76.2 Å². The summed E-state index contributed by atoms with van der Waals surface area (Å²) >= 11 is 1.38. The number of nitrogens with one attached hydrogen (secondary N) is 2. The average Bonchev–Trinajstić information content (AvgIpc) is 3.36. The Kier molecular flexibility index (Phi) is 4.75. The number of anilines is 2. The molecule has 142 valence electrons. The van der Waals surface area contributed by atoms with Gasteiger partial charge in [0.05, 0.1) is 14.2 Å². The Hall–Kier alpha value is -3.32. The molecule has 2 aromatic carbocycles. The molecule has 6 nitrogen and oxygen atoms in total. The summed E-state index contributed by atoms with van der Waals surface area (Å²) in [4.78, 5) is 20.5. The van der Waals surface area contributed by atoms with E-state index in [1.807, 2.05) is 37.4 Å². The molecule has 2 N–H and O–H groups in total. The second kappa shape index (κ2) is 7.36. The number of carbonyl (C=O) groups is 1. The molecular weight excluding hydrogens is 374 g/mol. The molecule has 0 aliphatic rings. The molecule has 2 aromatic heterocycles. The molecule has 4 rings (SSSR count). The number of H-pyrrole nitrogens is 1. The van der Waals surface area contributed by atoms with Crippen LogP contribution in [-0.4, -0.2) is 30.0 Å². The molecule has 0 spiro atoms. The van der Waals surface area contributed by atoms with Crippen molar-refractivity contribution >= 4 is 38.8 Å². The fourth-order valence-corrected chi connectivity index (χ4v) is 3.77. The fraction of sp³-hybridized carbons (Fsp3) is 0.143. The zero-order valence-corrected chi connectivity index (χ0v) is 16.5. The van der Waals surface area contributed by atoms with Gasteiger partial charge in [0.25, 0.3) is 0 Å². The van der Waals surface area contributed by atoms with E-state index in [0.29, 0.717) is 27.9 Å². The summed E-state index contributed by atoms with van der Waals surface area (Å²) in [6.45, 7) is 1.89. The Morgan fingerprint density at radius 2 is 1.86 bits per heavy atom. The van der Waals surface area contributed by atoms with Gasteiger partial charge >= 0.3 is 0 Å². The van der Waals surface area contributed by atoms with Gasteiger partial charge in [0, 0.05) is 39.3 Å². The van der Waals surface area contributed by atoms with Gasteiger partial charge in [-0.25, -0.2) is 4.98 Å². The number of fused-ring (bicyclic) bond motifs is 1. The normalized spacial score (nSPS) is 10.8. The summed E-state index contributed by atoms with van der Waals surface area (Å²) in [5, 5.41) is 6.77. The van der Waals surface area contributed by atoms with Crippen LogP contribution in [0.1, 0.15) is 21.6 Å². The lowest BCUT2D eigenvalue weighted by Crippen LogP contribution is -2.04. The summed E-state index contributed by atoms with van der Waals surface area (Å²) < 4.78 is 10.7. The number of hydrogen-bond donors (Lipinski definition) is 2. The van der Waals surface area contributed by atoms with Gasteiger partial charge in [-0.3, -0.25) is 4.79 Å². The minimum absolute atomic E-state index is 0.179. The first kappa shape index (κ1) is 18.1. The van der Waals surface area contributed by atoms with E-state index in [2.05, 4.69) is 15.3 Å². The molecule has 0 bridgehead atoms. The van der Waals surface area contributed by atoms with Crippen molar-refractivity contribution in [3.05, 3.63) is 64.8 Å². The summed E-state index contributed by atoms with van der Waals surface area (Å²) in [6, 6.07) is 11.4. The van der Waals surface area contributed by atoms with Gasteiger partial charge in [-0.1, -0.05) is 0 Å². The van der Waals surface area contributed by atoms with E-state index >= 15 is 0 Å². The van der Waals surface area contributed by atoms with Crippen LogP contribution in [0.4, 0.5) is 10.8 Å². The van der Waals surface area contributed by atoms with Crippen molar-refractivity contribution in [2.24, 2.45) is 0 Å². The SMILES string of the molecule is COc1cc(C(=O)c2csc(Nc3ccc4[nH]ccc4c3)n2)cc(OC)c1C. The number of ketones is 1. The summed E-state index contributed by atoms with van der Waals surface area (Å²) in [5.74, 6) is 1.04. The number of rotatable bonds is 6. The molecule has 0 aliphatic carbocycles. The molecule has 4 aromatic rings. The molecule has 0 amide bonds. The molecule has 0 fully saturated rings. The number of thiazole rings is 1. The quantitative estimate of drug-likeness (QED) is 0.455. The van der Waals surface area contributed by atoms with Crippen molar-refractivity contribution in [1.82, 2.24) is 9.97 Å². The maximum Gasteiger partial charge on any atom is 0.212 e. The van der Waals surface area contributed by atoms with Gasteiger partial charge in [0.1, 0.15) is 17.2 Å². The number of methoxy groups -OCH3 is 2. The Balaban J connectivity index is 1.59. The molecule has 7 heteroatoms. The van der Waals surface area contributed by atoms with E-state index in [1.54, 1.807) is 31.7 Å². The number of ether oxygens (including phenoxy) is 2. The molecule has 0 atom stereocenters. The van der Waals surface area contributed by atoms with Crippen LogP contribution < -0.4 is 14.8 Å². The lowest BCUT2D eigenvalue weighted by Gasteiger charge is -2.11. The van der Waals surface area contributed by atoms with Gasteiger partial charge in [0.2, 0.25) is 5.78 Å². The molecule has 2 heterocycles. The number of hydrogen-bond acceptors (Lipinski definition) is 6. The van der Waals surface area contributed by atoms with Crippen molar-refractivity contribution in [2.75, 3.05) is 19.5 Å². The van der Waals surface area contributed by atoms with Crippen molar-refractivity contribution in [3.8, 4) is 11.5 Å². The van der Waals surface area contributed by atoms with E-state index < -0.39 is 0 Å². The van der Waals surface area contributed by atoms with Crippen molar-refractivity contribution < 1.29 is 14.3 Å². The van der Waals surface area contributed by atoms with Crippen molar-refractivity contribution in [3.63, 3.8) is 0 Å². The average molecular weight is 393 g/mol. The van der Waals surface area contributed by atoms with E-state index in [1.165, 1.54) is 11.3 Å². The fourth-order valence-electron chi connectivity index (χ4n) is 3.06. The highest BCUT2D eigenvalue weighted by molar-refractivity contribution is 7.14. The first-order valence-corrected chi connectivity index (χ1v) is 9.54. The standard InChI is InChI=1S/C21H19N3O3S/c1-12-18(26-2)9-14(10-19(12)27-3)20(25)17-11-28-21(24-17)23-15-4-5-16-13(8-15)6-7-22-16/h4-11,22H,1-3H3,(H,23,24). The van der Waals surface area contributed by atoms with Gasteiger partial charge in [0.15, 0.2) is 5.13 Å². The highest BCUT2D eigenvalue weighted by atomic mass is 32.1. The number of aromatic nitrogens is 2. The lowest BCUT2D eigenvalue weighted by atomic mass is 10.0. The molecule has 0 saturated carbocycles. The van der Waals surface area contributed by atoms with Gasteiger partial charge in [-0.15, -0.1) is 11.3 Å². The summed E-state index contributed by atoms with van der Waals surface area (Å²) in [6.07, 6.45) is 1.90. The highest BCUT2D eigenvalue weighted by Gasteiger charge is 2.18. The smallest absolute Gasteiger partial charge is 0.212 e. The first-order chi connectivity index (χ1) is 13.6. The third-order valence-electron chi connectivity index (χ3n) is 4.56. The monoisotopic (exact) mass is 393 g/mol. The minimum Gasteiger partial charge on any atom is -0.496 e. The highest BCUT2D eigenvalue weighted by Crippen LogP contribution is 2.31. The second-order valence-corrected chi connectivity index (χ2v) is 7.14. The predicted molar refractivity (Wildman–Crippen MR) is 111 cm³/mol. The van der Waals surface area contributed by atoms with Crippen LogP contribution in [0.5, 0.6) is 11.5 Å². The summed E-state index contributed by atoms with van der Waals surface area (Å²) in [5.41, 5.74) is 3.69. The van der Waals surface area contributed by atoms with Gasteiger partial charge in [-0.2, -0.15) is 0 Å². The second-order valence-electron chi connectivity index (χ2n) is 6.28. The van der Waals surface area contributed by atoms with Crippen molar-refractivity contribution in [1.29, 1.82) is 0 Å². The lowest BCUT2D eigenvalue weighted by molar-refractivity contribution is 0.103. The van der Waals surface area contributed by atoms with Crippen LogP contribution >= 0.6 is 11.3 Å². The zero-order chi connectivity index (χ0) is 19.7. The number of benzene rings is 2. The molecule has 28 heavy (non-hydrogen) atoms. The predicted octanol–water partition coefficient (Wildman–Crippen LogP) is 4.92. The van der Waals surface area contributed by atoms with Gasteiger partial charge in [-0.05, 0) is 43.3 Å². The van der Waals surface area contributed by atoms with Crippen LogP contribution in [-0.2, 0) is 0 Å². The maximum atomic E-state index is 12.9. The summed E-state index contributed by atoms with van der Waals surface area (Å²) in [7, 11) is 3.14. The number of aromatic amines is 1. The van der Waals surface area contributed by atoms with E-state index in [4.69, 9.17) is 9.47 Å². The Bertz CT molecular complexity index is 1140. The Labute approximate surface area is 166 Å². The number of nitrogens with zero attached hydrogens (tertiary/aromatic N) is 1. The zero-order valence-electron chi connectivity index (χ0n) is 15.7. The van der Waals surface area contributed by atoms with Crippen LogP contribution in [0.15, 0.2) is 48.0 Å². The molecular formula is C21H19N3O3S. The Morgan fingerprint density at radius 3 is 2.57 bits per heavy atom. The van der Waals surface area contributed by atoms with E-state index in [-0.39, 0.29) is 5.78 Å². The van der Waals surface area contributed by atoms with Crippen molar-refractivity contribution in [2.45, 2.75) is 6.92 Å². The van der Waals surface area contributed by atoms with Crippen LogP contribution in [0.25, 0.3) is 10.9 Å². The van der Waals surface area contributed by atoms with Crippen LogP contribution in [0.3, 0.4) is 0 Å². The minimum atomic E-state index is -0.179. The molecule has 0 aliphatic heterocycles. The Morgan fingerprint density at radius 1 is 1.11 bits per heavy atom. The number of carbonyl (C=O) groups excluding carboxylic acids is 1. The van der Waals surface area contributed by atoms with E-state index in [9.17, 15) is 4.79 Å². The van der Waals surface area contributed by atoms with E-state index in [0.717, 1.165) is 22.2 Å².